The van der Waals surface area contributed by atoms with E-state index in [1.165, 1.54) is 0 Å². The van der Waals surface area contributed by atoms with E-state index in [9.17, 15) is 18.7 Å². The molecular formula is C9H11F2N3O4. The summed E-state index contributed by atoms with van der Waals surface area (Å²) in [5.41, 5.74) is 4.40. The van der Waals surface area contributed by atoms with Gasteiger partial charge in [0.25, 0.3) is 0 Å². The molecule has 1 saturated heterocycles. The summed E-state index contributed by atoms with van der Waals surface area (Å²) in [5, 5.41) is 18.1. The van der Waals surface area contributed by atoms with Crippen LogP contribution in [0.25, 0.3) is 0 Å². The topological polar surface area (TPSA) is 111 Å². The van der Waals surface area contributed by atoms with Crippen molar-refractivity contribution in [3.8, 4) is 0 Å². The van der Waals surface area contributed by atoms with Crippen molar-refractivity contribution in [3.63, 3.8) is 0 Å². The van der Waals surface area contributed by atoms with Gasteiger partial charge in [-0.05, 0) is 6.07 Å². The fraction of sp³-hybridized carbons (Fsp3) is 0.556. The third-order valence-electron chi connectivity index (χ3n) is 2.71. The van der Waals surface area contributed by atoms with Crippen molar-refractivity contribution in [1.82, 2.24) is 9.55 Å². The van der Waals surface area contributed by atoms with Gasteiger partial charge >= 0.3 is 11.6 Å². The molecule has 18 heavy (non-hydrogen) atoms. The molecule has 0 aromatic carbocycles. The maximum atomic E-state index is 13.8. The van der Waals surface area contributed by atoms with Crippen LogP contribution < -0.4 is 11.4 Å². The molecule has 1 fully saturated rings. The average Bonchev–Trinajstić information content (AvgIpc) is 2.52. The number of ether oxygens (including phenoxy) is 1. The first-order valence-corrected chi connectivity index (χ1v) is 5.04. The van der Waals surface area contributed by atoms with Crippen LogP contribution in [0.5, 0.6) is 0 Å². The van der Waals surface area contributed by atoms with Crippen LogP contribution in [0.1, 0.15) is 6.23 Å². The quantitative estimate of drug-likeness (QED) is 0.612. The first kappa shape index (κ1) is 12.9. The number of aliphatic hydroxyl groups is 2. The number of nitrogens with two attached hydrogens (primary N) is 1. The molecule has 0 bridgehead atoms. The number of aromatic nitrogens is 2. The molecule has 0 aliphatic carbocycles. The lowest BCUT2D eigenvalue weighted by Crippen LogP contribution is -2.42. The molecule has 9 heteroatoms. The Hall–Kier alpha value is -1.58. The van der Waals surface area contributed by atoms with Gasteiger partial charge in [0.05, 0.1) is 6.61 Å². The van der Waals surface area contributed by atoms with Crippen LogP contribution in [-0.2, 0) is 4.74 Å². The number of hydrogen-bond donors (Lipinski definition) is 3. The van der Waals surface area contributed by atoms with E-state index in [0.717, 1.165) is 12.3 Å². The summed E-state index contributed by atoms with van der Waals surface area (Å²) in [6.07, 6.45) is -4.73. The van der Waals surface area contributed by atoms with Crippen molar-refractivity contribution < 1.29 is 23.7 Å². The van der Waals surface area contributed by atoms with Gasteiger partial charge < -0.3 is 20.7 Å². The monoisotopic (exact) mass is 263 g/mol. The third kappa shape index (κ3) is 1.76. The SMILES string of the molecule is Nc1ccnc(=O)n1[C@@H]1O[C@H](CO)[C@@H](O)C1(F)F. The summed E-state index contributed by atoms with van der Waals surface area (Å²) in [6.45, 7) is -0.803. The molecule has 2 rings (SSSR count). The number of nitrogen functional groups attached to an aromatic ring is 1. The average molecular weight is 263 g/mol. The molecule has 1 aliphatic rings. The lowest BCUT2D eigenvalue weighted by molar-refractivity contribution is -0.140. The van der Waals surface area contributed by atoms with Crippen LogP contribution in [0, 0.1) is 0 Å². The molecule has 0 spiro atoms. The lowest BCUT2D eigenvalue weighted by atomic mass is 10.1. The van der Waals surface area contributed by atoms with Crippen LogP contribution in [0.4, 0.5) is 14.6 Å². The summed E-state index contributed by atoms with van der Waals surface area (Å²) in [4.78, 5) is 14.7. The van der Waals surface area contributed by atoms with Crippen LogP contribution in [0.3, 0.4) is 0 Å². The van der Waals surface area contributed by atoms with Crippen molar-refractivity contribution in [2.75, 3.05) is 12.3 Å². The van der Waals surface area contributed by atoms with Gasteiger partial charge in [-0.15, -0.1) is 0 Å². The highest BCUT2D eigenvalue weighted by Crippen LogP contribution is 2.42. The minimum Gasteiger partial charge on any atom is -0.394 e. The number of nitrogens with zero attached hydrogens (tertiary/aromatic N) is 2. The Kier molecular flexibility index (Phi) is 3.05. The second kappa shape index (κ2) is 4.26. The van der Waals surface area contributed by atoms with Gasteiger partial charge in [-0.2, -0.15) is 8.78 Å². The lowest BCUT2D eigenvalue weighted by Gasteiger charge is -2.22. The molecule has 1 aromatic heterocycles. The van der Waals surface area contributed by atoms with Crippen molar-refractivity contribution in [2.45, 2.75) is 24.4 Å². The molecule has 0 unspecified atom stereocenters. The predicted octanol–water partition coefficient (Wildman–Crippen LogP) is -1.29. The van der Waals surface area contributed by atoms with Crippen LogP contribution in [-0.4, -0.2) is 44.5 Å². The summed E-state index contributed by atoms with van der Waals surface area (Å²) in [7, 11) is 0. The highest BCUT2D eigenvalue weighted by atomic mass is 19.3. The Bertz CT molecular complexity index is 507. The smallest absolute Gasteiger partial charge is 0.351 e. The van der Waals surface area contributed by atoms with E-state index >= 15 is 0 Å². The van der Waals surface area contributed by atoms with E-state index < -0.39 is 36.7 Å². The summed E-state index contributed by atoms with van der Waals surface area (Å²) in [5.74, 6) is -4.03. The number of anilines is 1. The van der Waals surface area contributed by atoms with E-state index in [0.29, 0.717) is 4.57 Å². The minimum atomic E-state index is -3.76. The zero-order chi connectivity index (χ0) is 13.5. The molecule has 3 atom stereocenters. The number of hydrogen-bond acceptors (Lipinski definition) is 6. The van der Waals surface area contributed by atoms with Crippen LogP contribution >= 0.6 is 0 Å². The van der Waals surface area contributed by atoms with Crippen molar-refractivity contribution in [3.05, 3.63) is 22.7 Å². The second-order valence-electron chi connectivity index (χ2n) is 3.85. The van der Waals surface area contributed by atoms with Gasteiger partial charge in [0.1, 0.15) is 11.9 Å². The first-order chi connectivity index (χ1) is 8.39. The summed E-state index contributed by atoms with van der Waals surface area (Å²) < 4.78 is 32.7. The summed E-state index contributed by atoms with van der Waals surface area (Å²) in [6, 6.07) is 1.15. The van der Waals surface area contributed by atoms with Gasteiger partial charge in [-0.3, -0.25) is 0 Å². The Labute approximate surface area is 99.4 Å². The van der Waals surface area contributed by atoms with Crippen molar-refractivity contribution in [1.29, 1.82) is 0 Å². The molecule has 2 heterocycles. The maximum Gasteiger partial charge on any atom is 0.351 e. The molecule has 1 aliphatic heterocycles. The normalized spacial score (nSPS) is 30.6. The first-order valence-electron chi connectivity index (χ1n) is 5.04. The standard InChI is InChI=1S/C9H11F2N3O4/c10-9(11)6(16)4(3-15)18-7(9)14-5(12)1-2-13-8(14)17/h1-2,4,6-7,15-16H,3,12H2/t4-,6-,7-/m1/s1. The van der Waals surface area contributed by atoms with E-state index in [1.807, 2.05) is 0 Å². The summed E-state index contributed by atoms with van der Waals surface area (Å²) >= 11 is 0. The number of halogens is 2. The highest BCUT2D eigenvalue weighted by Gasteiger charge is 2.59. The maximum absolute atomic E-state index is 13.8. The Morgan fingerprint density at radius 2 is 2.28 bits per heavy atom. The van der Waals surface area contributed by atoms with Crippen molar-refractivity contribution >= 4 is 5.82 Å². The molecule has 1 aromatic rings. The van der Waals surface area contributed by atoms with Gasteiger partial charge in [0.15, 0.2) is 6.10 Å². The molecule has 7 nitrogen and oxygen atoms in total. The molecule has 0 saturated carbocycles. The largest absolute Gasteiger partial charge is 0.394 e. The van der Waals surface area contributed by atoms with E-state index in [4.69, 9.17) is 15.6 Å². The Balaban J connectivity index is 2.49. The number of alkyl halides is 2. The predicted molar refractivity (Wildman–Crippen MR) is 54.9 cm³/mol. The van der Waals surface area contributed by atoms with Gasteiger partial charge in [-0.25, -0.2) is 14.3 Å². The number of rotatable bonds is 2. The fourth-order valence-corrected chi connectivity index (χ4v) is 1.77. The molecule has 100 valence electrons. The zero-order valence-electron chi connectivity index (χ0n) is 9.03. The van der Waals surface area contributed by atoms with Gasteiger partial charge in [0.2, 0.25) is 6.23 Å². The van der Waals surface area contributed by atoms with Crippen LogP contribution in [0.15, 0.2) is 17.1 Å². The van der Waals surface area contributed by atoms with E-state index in [2.05, 4.69) is 4.98 Å². The van der Waals surface area contributed by atoms with Crippen molar-refractivity contribution in [2.24, 2.45) is 0 Å². The number of aliphatic hydroxyl groups excluding tert-OH is 2. The minimum absolute atomic E-state index is 0.273. The molecule has 0 radical (unpaired) electrons. The van der Waals surface area contributed by atoms with Gasteiger partial charge in [0, 0.05) is 6.20 Å². The Morgan fingerprint density at radius 1 is 1.61 bits per heavy atom. The second-order valence-corrected chi connectivity index (χ2v) is 3.85. The third-order valence-corrected chi connectivity index (χ3v) is 2.71. The highest BCUT2D eigenvalue weighted by molar-refractivity contribution is 5.27. The molecular weight excluding hydrogens is 252 g/mol. The molecule has 0 amide bonds. The Morgan fingerprint density at radius 3 is 2.78 bits per heavy atom. The van der Waals surface area contributed by atoms with E-state index in [-0.39, 0.29) is 5.82 Å². The van der Waals surface area contributed by atoms with Crippen LogP contribution in [0.2, 0.25) is 0 Å². The zero-order valence-corrected chi connectivity index (χ0v) is 9.03. The van der Waals surface area contributed by atoms with E-state index in [1.54, 1.807) is 0 Å². The fourth-order valence-electron chi connectivity index (χ4n) is 1.77. The molecule has 4 N–H and O–H groups in total. The van der Waals surface area contributed by atoms with Gasteiger partial charge in [-0.1, -0.05) is 0 Å².